The quantitative estimate of drug-likeness (QED) is 0.696. The van der Waals surface area contributed by atoms with Crippen molar-refractivity contribution in [1.82, 2.24) is 15.6 Å². The van der Waals surface area contributed by atoms with E-state index in [9.17, 15) is 9.90 Å². The number of hydrogen-bond donors (Lipinski definition) is 3. The van der Waals surface area contributed by atoms with Gasteiger partial charge in [-0.1, -0.05) is 6.07 Å². The zero-order valence-corrected chi connectivity index (χ0v) is 12.5. The van der Waals surface area contributed by atoms with E-state index in [1.807, 2.05) is 18.2 Å². The number of aromatic nitrogens is 1. The molecule has 1 fully saturated rings. The van der Waals surface area contributed by atoms with Crippen LogP contribution in [0.5, 0.6) is 0 Å². The predicted octanol–water partition coefficient (Wildman–Crippen LogP) is 0.691. The van der Waals surface area contributed by atoms with Gasteiger partial charge in [-0.25, -0.2) is 0 Å². The molecule has 1 aliphatic heterocycles. The normalized spacial score (nSPS) is 19.0. The summed E-state index contributed by atoms with van der Waals surface area (Å²) >= 11 is 0. The highest BCUT2D eigenvalue weighted by molar-refractivity contribution is 5.73. The molecule has 1 aliphatic rings. The van der Waals surface area contributed by atoms with Gasteiger partial charge >= 0.3 is 0 Å². The summed E-state index contributed by atoms with van der Waals surface area (Å²) in [5, 5.41) is 15.5. The zero-order chi connectivity index (χ0) is 15.2. The number of nitrogens with zero attached hydrogens (tertiary/aromatic N) is 1. The largest absolute Gasteiger partial charge is 0.381 e. The van der Waals surface area contributed by atoms with Gasteiger partial charge in [-0.2, -0.15) is 0 Å². The monoisotopic (exact) mass is 293 g/mol. The lowest BCUT2D eigenvalue weighted by Gasteiger charge is -2.25. The average Bonchev–Trinajstić information content (AvgIpc) is 2.52. The van der Waals surface area contributed by atoms with Gasteiger partial charge < -0.3 is 15.2 Å². The molecular weight excluding hydrogens is 270 g/mol. The molecule has 0 aromatic carbocycles. The summed E-state index contributed by atoms with van der Waals surface area (Å²) in [7, 11) is 1.64. The molecule has 116 valence electrons. The molecule has 1 aromatic heterocycles. The lowest BCUT2D eigenvalue weighted by molar-refractivity contribution is -0.120. The van der Waals surface area contributed by atoms with E-state index >= 15 is 0 Å². The standard InChI is InChI=1S/C15H23N3O3/c1-10(19)17-14(15(20)16-2)13-5-3-4-12(18-13)11-6-8-21-9-7-11/h3-5,11,14-16,20H,6-9H2,1-2H3,(H,17,19). The first-order valence-corrected chi connectivity index (χ1v) is 7.29. The lowest BCUT2D eigenvalue weighted by atomic mass is 9.95. The van der Waals surface area contributed by atoms with Crippen molar-refractivity contribution in [3.05, 3.63) is 29.6 Å². The van der Waals surface area contributed by atoms with Crippen LogP contribution >= 0.6 is 0 Å². The van der Waals surface area contributed by atoms with E-state index in [0.717, 1.165) is 31.7 Å². The number of carbonyl (C=O) groups is 1. The second-order valence-electron chi connectivity index (χ2n) is 5.29. The van der Waals surface area contributed by atoms with Gasteiger partial charge in [0, 0.05) is 31.7 Å². The summed E-state index contributed by atoms with van der Waals surface area (Å²) in [6.07, 6.45) is 1.03. The van der Waals surface area contributed by atoms with Crippen LogP contribution in [0.25, 0.3) is 0 Å². The van der Waals surface area contributed by atoms with Gasteiger partial charge in [0.1, 0.15) is 12.3 Å². The summed E-state index contributed by atoms with van der Waals surface area (Å²) in [5.74, 6) is 0.177. The number of pyridine rings is 1. The fraction of sp³-hybridized carbons (Fsp3) is 0.600. The molecule has 2 heterocycles. The molecule has 0 bridgehead atoms. The molecule has 6 nitrogen and oxygen atoms in total. The van der Waals surface area contributed by atoms with Gasteiger partial charge in [-0.15, -0.1) is 0 Å². The topological polar surface area (TPSA) is 83.5 Å². The Hall–Kier alpha value is -1.50. The Kier molecular flexibility index (Phi) is 5.67. The molecule has 2 rings (SSSR count). The van der Waals surface area contributed by atoms with Crippen molar-refractivity contribution in [3.63, 3.8) is 0 Å². The zero-order valence-electron chi connectivity index (χ0n) is 12.5. The van der Waals surface area contributed by atoms with Gasteiger partial charge in [0.2, 0.25) is 5.91 Å². The number of ether oxygens (including phenoxy) is 1. The number of nitrogens with one attached hydrogen (secondary N) is 2. The number of aliphatic hydroxyl groups is 1. The number of carbonyl (C=O) groups excluding carboxylic acids is 1. The second-order valence-corrected chi connectivity index (χ2v) is 5.29. The Morgan fingerprint density at radius 3 is 2.76 bits per heavy atom. The summed E-state index contributed by atoms with van der Waals surface area (Å²) in [6, 6.07) is 5.18. The van der Waals surface area contributed by atoms with Crippen molar-refractivity contribution >= 4 is 5.91 Å². The van der Waals surface area contributed by atoms with Crippen LogP contribution in [0, 0.1) is 0 Å². The van der Waals surface area contributed by atoms with Crippen LogP contribution in [0.1, 0.15) is 43.1 Å². The minimum Gasteiger partial charge on any atom is -0.381 e. The van der Waals surface area contributed by atoms with Gasteiger partial charge in [-0.05, 0) is 32.0 Å². The number of rotatable bonds is 5. The first kappa shape index (κ1) is 15.9. The molecule has 0 spiro atoms. The smallest absolute Gasteiger partial charge is 0.217 e. The molecule has 21 heavy (non-hydrogen) atoms. The van der Waals surface area contributed by atoms with E-state index in [1.165, 1.54) is 6.92 Å². The highest BCUT2D eigenvalue weighted by Gasteiger charge is 2.24. The fourth-order valence-electron chi connectivity index (χ4n) is 2.56. The molecule has 6 heteroatoms. The van der Waals surface area contributed by atoms with Crippen molar-refractivity contribution in [2.75, 3.05) is 20.3 Å². The van der Waals surface area contributed by atoms with Crippen LogP contribution in [-0.2, 0) is 9.53 Å². The lowest BCUT2D eigenvalue weighted by Crippen LogP contribution is -2.42. The highest BCUT2D eigenvalue weighted by atomic mass is 16.5. The van der Waals surface area contributed by atoms with Crippen molar-refractivity contribution in [3.8, 4) is 0 Å². The molecule has 0 saturated carbocycles. The Morgan fingerprint density at radius 1 is 1.43 bits per heavy atom. The number of aliphatic hydroxyl groups excluding tert-OH is 1. The highest BCUT2D eigenvalue weighted by Crippen LogP contribution is 2.26. The van der Waals surface area contributed by atoms with Gasteiger partial charge in [-0.3, -0.25) is 15.1 Å². The molecular formula is C15H23N3O3. The van der Waals surface area contributed by atoms with E-state index in [-0.39, 0.29) is 5.91 Å². The van der Waals surface area contributed by atoms with E-state index in [2.05, 4.69) is 15.6 Å². The molecule has 2 unspecified atom stereocenters. The van der Waals surface area contributed by atoms with E-state index in [4.69, 9.17) is 4.74 Å². The summed E-state index contributed by atoms with van der Waals surface area (Å²) in [6.45, 7) is 2.94. The van der Waals surface area contributed by atoms with Crippen molar-refractivity contribution in [1.29, 1.82) is 0 Å². The van der Waals surface area contributed by atoms with Crippen LogP contribution in [0.15, 0.2) is 18.2 Å². The second kappa shape index (κ2) is 7.49. The maximum Gasteiger partial charge on any atom is 0.217 e. The maximum atomic E-state index is 11.3. The minimum atomic E-state index is -0.883. The third-order valence-corrected chi connectivity index (χ3v) is 3.72. The molecule has 2 atom stereocenters. The Labute approximate surface area is 124 Å². The van der Waals surface area contributed by atoms with Crippen LogP contribution < -0.4 is 10.6 Å². The number of likely N-dealkylation sites (N-methyl/N-ethyl adjacent to an activating group) is 1. The van der Waals surface area contributed by atoms with Crippen LogP contribution in [0.2, 0.25) is 0 Å². The minimum absolute atomic E-state index is 0.201. The third-order valence-electron chi connectivity index (χ3n) is 3.72. The van der Waals surface area contributed by atoms with Gasteiger partial charge in [0.15, 0.2) is 0 Å². The van der Waals surface area contributed by atoms with Gasteiger partial charge in [0.05, 0.1) is 5.69 Å². The number of amides is 1. The Balaban J connectivity index is 2.21. The first-order valence-electron chi connectivity index (χ1n) is 7.29. The maximum absolute atomic E-state index is 11.3. The molecule has 0 aliphatic carbocycles. The van der Waals surface area contributed by atoms with Crippen LogP contribution in [-0.4, -0.2) is 42.5 Å². The first-order chi connectivity index (χ1) is 10.1. The van der Waals surface area contributed by atoms with Crippen molar-refractivity contribution < 1.29 is 14.6 Å². The summed E-state index contributed by atoms with van der Waals surface area (Å²) in [4.78, 5) is 16.0. The molecule has 1 aromatic rings. The molecule has 1 saturated heterocycles. The summed E-state index contributed by atoms with van der Waals surface area (Å²) < 4.78 is 5.37. The van der Waals surface area contributed by atoms with Crippen molar-refractivity contribution in [2.45, 2.75) is 38.0 Å². The molecule has 0 radical (unpaired) electrons. The van der Waals surface area contributed by atoms with Crippen molar-refractivity contribution in [2.24, 2.45) is 0 Å². The predicted molar refractivity (Wildman–Crippen MR) is 78.7 cm³/mol. The SMILES string of the molecule is CNC(O)C(NC(C)=O)c1cccc(C2CCOCC2)n1. The third kappa shape index (κ3) is 4.23. The van der Waals surface area contributed by atoms with Crippen LogP contribution in [0.4, 0.5) is 0 Å². The summed E-state index contributed by atoms with van der Waals surface area (Å²) in [5.41, 5.74) is 1.66. The average molecular weight is 293 g/mol. The van der Waals surface area contributed by atoms with Gasteiger partial charge in [0.25, 0.3) is 0 Å². The number of hydrogen-bond acceptors (Lipinski definition) is 5. The fourth-order valence-corrected chi connectivity index (χ4v) is 2.56. The van der Waals surface area contributed by atoms with E-state index in [1.54, 1.807) is 7.05 Å². The molecule has 1 amide bonds. The Morgan fingerprint density at radius 2 is 2.14 bits per heavy atom. The molecule has 3 N–H and O–H groups in total. The van der Waals surface area contributed by atoms with E-state index in [0.29, 0.717) is 11.6 Å². The van der Waals surface area contributed by atoms with Crippen LogP contribution in [0.3, 0.4) is 0 Å². The Bertz CT molecular complexity index is 475. The van der Waals surface area contributed by atoms with E-state index < -0.39 is 12.3 Å².